The van der Waals surface area contributed by atoms with E-state index in [1.807, 2.05) is 42.5 Å². The highest BCUT2D eigenvalue weighted by molar-refractivity contribution is 5.94. The first-order valence-corrected chi connectivity index (χ1v) is 8.89. The molecular weight excluding hydrogens is 342 g/mol. The molecule has 0 bridgehead atoms. The van der Waals surface area contributed by atoms with E-state index in [-0.39, 0.29) is 18.4 Å². The van der Waals surface area contributed by atoms with Gasteiger partial charge in [-0.05, 0) is 29.7 Å². The van der Waals surface area contributed by atoms with E-state index in [9.17, 15) is 9.90 Å². The lowest BCUT2D eigenvalue weighted by Crippen LogP contribution is -2.26. The molecule has 1 amide bonds. The molecule has 4 rings (SSSR count). The van der Waals surface area contributed by atoms with E-state index in [1.54, 1.807) is 7.11 Å². The number of ether oxygens (including phenoxy) is 1. The molecule has 0 spiro atoms. The average Bonchev–Trinajstić information content (AvgIpc) is 3.08. The molecule has 27 heavy (non-hydrogen) atoms. The summed E-state index contributed by atoms with van der Waals surface area (Å²) in [4.78, 5) is 20.3. The van der Waals surface area contributed by atoms with Gasteiger partial charge in [0.25, 0.3) is 5.91 Å². The second kappa shape index (κ2) is 7.25. The minimum atomic E-state index is -0.162. The Morgan fingerprint density at radius 3 is 2.78 bits per heavy atom. The first kappa shape index (κ1) is 17.3. The third-order valence-corrected chi connectivity index (χ3v) is 4.93. The van der Waals surface area contributed by atoms with Crippen LogP contribution in [0.2, 0.25) is 0 Å². The standard InChI is InChI=1S/C21H21N3O3/c1-27-17-4-2-3-15(9-17)16-10-18-19(21(26)22-11-16)24-20(23-18)14-7-5-13(12-25)6-8-14/h2-9,16,25H,10-12H2,1H3,(H,22,26)(H,23,24)/t16-/m1/s1. The summed E-state index contributed by atoms with van der Waals surface area (Å²) < 4.78 is 5.32. The zero-order valence-electron chi connectivity index (χ0n) is 15.0. The Morgan fingerprint density at radius 2 is 2.04 bits per heavy atom. The maximum absolute atomic E-state index is 12.5. The highest BCUT2D eigenvalue weighted by Crippen LogP contribution is 2.28. The highest BCUT2D eigenvalue weighted by Gasteiger charge is 2.26. The molecule has 1 aromatic heterocycles. The van der Waals surface area contributed by atoms with Crippen LogP contribution in [0.25, 0.3) is 11.4 Å². The van der Waals surface area contributed by atoms with Crippen LogP contribution in [0.1, 0.15) is 33.2 Å². The van der Waals surface area contributed by atoms with E-state index in [1.165, 1.54) is 0 Å². The van der Waals surface area contributed by atoms with Crippen LogP contribution in [0.4, 0.5) is 0 Å². The fraction of sp³-hybridized carbons (Fsp3) is 0.238. The lowest BCUT2D eigenvalue weighted by molar-refractivity contribution is 0.0950. The van der Waals surface area contributed by atoms with Gasteiger partial charge in [0.15, 0.2) is 0 Å². The Bertz CT molecular complexity index is 963. The van der Waals surface area contributed by atoms with Gasteiger partial charge < -0.3 is 20.1 Å². The number of carbonyl (C=O) groups is 1. The van der Waals surface area contributed by atoms with Gasteiger partial charge in [0, 0.05) is 23.7 Å². The topological polar surface area (TPSA) is 87.2 Å². The average molecular weight is 363 g/mol. The first-order chi connectivity index (χ1) is 13.2. The Morgan fingerprint density at radius 1 is 1.22 bits per heavy atom. The fourth-order valence-corrected chi connectivity index (χ4v) is 3.40. The number of hydrogen-bond acceptors (Lipinski definition) is 4. The number of hydrogen-bond donors (Lipinski definition) is 3. The number of imidazole rings is 1. The summed E-state index contributed by atoms with van der Waals surface area (Å²) in [6, 6.07) is 15.4. The van der Waals surface area contributed by atoms with Gasteiger partial charge in [0.1, 0.15) is 17.3 Å². The van der Waals surface area contributed by atoms with Crippen molar-refractivity contribution in [1.82, 2.24) is 15.3 Å². The lowest BCUT2D eigenvalue weighted by Gasteiger charge is -2.15. The van der Waals surface area contributed by atoms with Crippen molar-refractivity contribution in [2.75, 3.05) is 13.7 Å². The van der Waals surface area contributed by atoms with Crippen LogP contribution >= 0.6 is 0 Å². The van der Waals surface area contributed by atoms with Crippen molar-refractivity contribution in [3.8, 4) is 17.1 Å². The number of aromatic amines is 1. The predicted octanol–water partition coefficient (Wildman–Crippen LogP) is 2.65. The van der Waals surface area contributed by atoms with Crippen molar-refractivity contribution >= 4 is 5.91 Å². The largest absolute Gasteiger partial charge is 0.497 e. The Balaban J connectivity index is 1.66. The Labute approximate surface area is 157 Å². The zero-order chi connectivity index (χ0) is 18.8. The maximum Gasteiger partial charge on any atom is 0.271 e. The molecular formula is C21H21N3O3. The molecule has 2 heterocycles. The van der Waals surface area contributed by atoms with Gasteiger partial charge in [0.2, 0.25) is 0 Å². The molecule has 1 atom stereocenters. The van der Waals surface area contributed by atoms with Crippen LogP contribution in [0.5, 0.6) is 5.75 Å². The molecule has 3 aromatic rings. The van der Waals surface area contributed by atoms with Crippen molar-refractivity contribution in [2.45, 2.75) is 18.9 Å². The predicted molar refractivity (Wildman–Crippen MR) is 102 cm³/mol. The summed E-state index contributed by atoms with van der Waals surface area (Å²) in [7, 11) is 1.65. The number of aliphatic hydroxyl groups excluding tert-OH is 1. The fourth-order valence-electron chi connectivity index (χ4n) is 3.40. The van der Waals surface area contributed by atoms with Crippen LogP contribution in [0.3, 0.4) is 0 Å². The molecule has 0 fully saturated rings. The number of benzene rings is 2. The quantitative estimate of drug-likeness (QED) is 0.665. The molecule has 0 aliphatic carbocycles. The second-order valence-corrected chi connectivity index (χ2v) is 6.66. The molecule has 0 radical (unpaired) electrons. The molecule has 2 aromatic carbocycles. The number of H-pyrrole nitrogens is 1. The summed E-state index contributed by atoms with van der Waals surface area (Å²) in [5.74, 6) is 1.43. The van der Waals surface area contributed by atoms with Crippen LogP contribution in [0, 0.1) is 0 Å². The third kappa shape index (κ3) is 3.44. The molecule has 3 N–H and O–H groups in total. The van der Waals surface area contributed by atoms with Crippen molar-refractivity contribution in [1.29, 1.82) is 0 Å². The molecule has 1 aliphatic rings. The number of aliphatic hydroxyl groups is 1. The molecule has 1 aliphatic heterocycles. The monoisotopic (exact) mass is 363 g/mol. The second-order valence-electron chi connectivity index (χ2n) is 6.66. The number of nitrogens with one attached hydrogen (secondary N) is 2. The zero-order valence-corrected chi connectivity index (χ0v) is 15.0. The third-order valence-electron chi connectivity index (χ3n) is 4.93. The Hall–Kier alpha value is -3.12. The summed E-state index contributed by atoms with van der Waals surface area (Å²) in [5, 5.41) is 12.2. The SMILES string of the molecule is COc1cccc([C@H]2CNC(=O)c3nc(-c4ccc(CO)cc4)[nH]c3C2)c1. The first-order valence-electron chi connectivity index (χ1n) is 8.89. The van der Waals surface area contributed by atoms with Crippen molar-refractivity contribution < 1.29 is 14.6 Å². The summed E-state index contributed by atoms with van der Waals surface area (Å²) in [6.07, 6.45) is 0.683. The van der Waals surface area contributed by atoms with Gasteiger partial charge in [-0.1, -0.05) is 36.4 Å². The van der Waals surface area contributed by atoms with Crippen LogP contribution < -0.4 is 10.1 Å². The van der Waals surface area contributed by atoms with Crippen molar-refractivity contribution in [2.24, 2.45) is 0 Å². The van der Waals surface area contributed by atoms with Gasteiger partial charge in [0.05, 0.1) is 13.7 Å². The number of amides is 1. The highest BCUT2D eigenvalue weighted by atomic mass is 16.5. The van der Waals surface area contributed by atoms with Crippen LogP contribution in [-0.2, 0) is 13.0 Å². The smallest absolute Gasteiger partial charge is 0.271 e. The van der Waals surface area contributed by atoms with E-state index >= 15 is 0 Å². The number of rotatable bonds is 4. The van der Waals surface area contributed by atoms with Crippen LogP contribution in [-0.4, -0.2) is 34.6 Å². The van der Waals surface area contributed by atoms with Gasteiger partial charge in [-0.15, -0.1) is 0 Å². The molecule has 0 unspecified atom stereocenters. The summed E-state index contributed by atoms with van der Waals surface area (Å²) in [5.41, 5.74) is 4.11. The van der Waals surface area contributed by atoms with E-state index in [4.69, 9.17) is 4.74 Å². The number of aromatic nitrogens is 2. The van der Waals surface area contributed by atoms with Crippen molar-refractivity contribution in [3.63, 3.8) is 0 Å². The Kier molecular flexibility index (Phi) is 4.64. The molecule has 6 heteroatoms. The van der Waals surface area contributed by atoms with E-state index < -0.39 is 0 Å². The van der Waals surface area contributed by atoms with Gasteiger partial charge >= 0.3 is 0 Å². The summed E-state index contributed by atoms with van der Waals surface area (Å²) >= 11 is 0. The minimum absolute atomic E-state index is 0.000438. The van der Waals surface area contributed by atoms with E-state index in [0.29, 0.717) is 24.5 Å². The summed E-state index contributed by atoms with van der Waals surface area (Å²) in [6.45, 7) is 0.552. The molecule has 0 saturated heterocycles. The minimum Gasteiger partial charge on any atom is -0.497 e. The van der Waals surface area contributed by atoms with E-state index in [2.05, 4.69) is 21.4 Å². The number of fused-ring (bicyclic) bond motifs is 1. The van der Waals surface area contributed by atoms with Gasteiger partial charge in [-0.25, -0.2) is 4.98 Å². The maximum atomic E-state index is 12.5. The van der Waals surface area contributed by atoms with Gasteiger partial charge in [-0.2, -0.15) is 0 Å². The lowest BCUT2D eigenvalue weighted by atomic mass is 9.94. The van der Waals surface area contributed by atoms with Gasteiger partial charge in [-0.3, -0.25) is 4.79 Å². The number of methoxy groups -OCH3 is 1. The number of nitrogens with zero attached hydrogens (tertiary/aromatic N) is 1. The molecule has 6 nitrogen and oxygen atoms in total. The van der Waals surface area contributed by atoms with Crippen molar-refractivity contribution in [3.05, 3.63) is 71.0 Å². The van der Waals surface area contributed by atoms with E-state index in [0.717, 1.165) is 28.1 Å². The molecule has 0 saturated carbocycles. The number of carbonyl (C=O) groups excluding carboxylic acids is 1. The molecule has 138 valence electrons. The normalized spacial score (nSPS) is 16.4. The van der Waals surface area contributed by atoms with Crippen LogP contribution in [0.15, 0.2) is 48.5 Å².